The highest BCUT2D eigenvalue weighted by Gasteiger charge is 2.33. The molecular formula is C11H22O4. The summed E-state index contributed by atoms with van der Waals surface area (Å²) < 4.78 is 21.1. The predicted molar refractivity (Wildman–Crippen MR) is 57.1 cm³/mol. The predicted octanol–water partition coefficient (Wildman–Crippen LogP) is 1.09. The summed E-state index contributed by atoms with van der Waals surface area (Å²) in [5.41, 5.74) is 0.241. The zero-order chi connectivity index (χ0) is 11.0. The van der Waals surface area contributed by atoms with Gasteiger partial charge in [-0.25, -0.2) is 0 Å². The minimum atomic E-state index is 0.241. The lowest BCUT2D eigenvalue weighted by atomic mass is 9.90. The van der Waals surface area contributed by atoms with Crippen molar-refractivity contribution in [1.82, 2.24) is 0 Å². The van der Waals surface area contributed by atoms with Gasteiger partial charge in [-0.2, -0.15) is 0 Å². The highest BCUT2D eigenvalue weighted by Crippen LogP contribution is 2.26. The summed E-state index contributed by atoms with van der Waals surface area (Å²) >= 11 is 0. The van der Waals surface area contributed by atoms with Crippen LogP contribution in [0.2, 0.25) is 0 Å². The molecule has 1 heterocycles. The molecule has 1 aliphatic heterocycles. The summed E-state index contributed by atoms with van der Waals surface area (Å²) in [7, 11) is 0. The molecule has 1 saturated heterocycles. The second-order valence-electron chi connectivity index (χ2n) is 4.17. The number of hydrogen-bond donors (Lipinski definition) is 0. The van der Waals surface area contributed by atoms with Gasteiger partial charge in [0.15, 0.2) is 0 Å². The van der Waals surface area contributed by atoms with Crippen molar-refractivity contribution < 1.29 is 18.9 Å². The van der Waals surface area contributed by atoms with Crippen molar-refractivity contribution in [1.29, 1.82) is 0 Å². The second-order valence-corrected chi connectivity index (χ2v) is 4.17. The lowest BCUT2D eigenvalue weighted by Gasteiger charge is -2.37. The van der Waals surface area contributed by atoms with E-state index in [0.29, 0.717) is 26.4 Å². The van der Waals surface area contributed by atoms with Gasteiger partial charge in [0.2, 0.25) is 0 Å². The Labute approximate surface area is 91.8 Å². The lowest BCUT2D eigenvalue weighted by molar-refractivity contribution is -0.141. The summed E-state index contributed by atoms with van der Waals surface area (Å²) in [5.74, 6) is 0. The average Bonchev–Trinajstić information content (AvgIpc) is 2.19. The fraction of sp³-hybridized carbons (Fsp3) is 1.00. The maximum Gasteiger partial charge on any atom is 0.0701 e. The first-order valence-electron chi connectivity index (χ1n) is 5.58. The van der Waals surface area contributed by atoms with Crippen molar-refractivity contribution in [3.8, 4) is 0 Å². The quantitative estimate of drug-likeness (QED) is 0.543. The van der Waals surface area contributed by atoms with Gasteiger partial charge < -0.3 is 18.9 Å². The molecule has 0 aliphatic carbocycles. The third-order valence-corrected chi connectivity index (χ3v) is 2.30. The van der Waals surface area contributed by atoms with Crippen molar-refractivity contribution in [3.63, 3.8) is 0 Å². The van der Waals surface area contributed by atoms with Crippen LogP contribution in [-0.2, 0) is 18.9 Å². The lowest BCUT2D eigenvalue weighted by Crippen LogP contribution is -2.43. The largest absolute Gasteiger partial charge is 0.380 e. The third-order valence-electron chi connectivity index (χ3n) is 2.30. The molecule has 4 nitrogen and oxygen atoms in total. The van der Waals surface area contributed by atoms with Crippen LogP contribution in [0, 0.1) is 5.41 Å². The van der Waals surface area contributed by atoms with E-state index in [1.54, 1.807) is 0 Å². The Morgan fingerprint density at radius 2 is 1.60 bits per heavy atom. The van der Waals surface area contributed by atoms with Crippen LogP contribution in [0.5, 0.6) is 0 Å². The second kappa shape index (κ2) is 7.17. The SMILES string of the molecule is CCOCCOCCOCC1(C)COC1. The Morgan fingerprint density at radius 3 is 2.13 bits per heavy atom. The Morgan fingerprint density at radius 1 is 1.00 bits per heavy atom. The Balaban J connectivity index is 1.77. The smallest absolute Gasteiger partial charge is 0.0701 e. The fourth-order valence-electron chi connectivity index (χ4n) is 1.33. The molecule has 0 radical (unpaired) electrons. The van der Waals surface area contributed by atoms with Crippen LogP contribution in [0.15, 0.2) is 0 Å². The molecule has 0 spiro atoms. The van der Waals surface area contributed by atoms with Crippen LogP contribution >= 0.6 is 0 Å². The number of hydrogen-bond acceptors (Lipinski definition) is 4. The first kappa shape index (κ1) is 12.9. The molecule has 90 valence electrons. The molecule has 0 aromatic heterocycles. The molecule has 0 atom stereocenters. The average molecular weight is 218 g/mol. The molecule has 1 aliphatic rings. The van der Waals surface area contributed by atoms with E-state index in [2.05, 4.69) is 6.92 Å². The van der Waals surface area contributed by atoms with E-state index in [0.717, 1.165) is 26.4 Å². The van der Waals surface area contributed by atoms with E-state index in [4.69, 9.17) is 18.9 Å². The summed E-state index contributed by atoms with van der Waals surface area (Å²) in [6, 6.07) is 0. The molecule has 0 bridgehead atoms. The molecule has 0 aromatic carbocycles. The molecule has 0 unspecified atom stereocenters. The van der Waals surface area contributed by atoms with Crippen molar-refractivity contribution in [2.75, 3.05) is 52.9 Å². The molecule has 0 saturated carbocycles. The van der Waals surface area contributed by atoms with Crippen molar-refractivity contribution >= 4 is 0 Å². The van der Waals surface area contributed by atoms with E-state index in [1.807, 2.05) is 6.92 Å². The van der Waals surface area contributed by atoms with Gasteiger partial charge in [-0.3, -0.25) is 0 Å². The third kappa shape index (κ3) is 5.47. The maximum absolute atomic E-state index is 5.50. The Hall–Kier alpha value is -0.160. The van der Waals surface area contributed by atoms with Crippen molar-refractivity contribution in [2.45, 2.75) is 13.8 Å². The van der Waals surface area contributed by atoms with Crippen LogP contribution in [0.1, 0.15) is 13.8 Å². The zero-order valence-corrected chi connectivity index (χ0v) is 9.79. The van der Waals surface area contributed by atoms with Gasteiger partial charge in [-0.15, -0.1) is 0 Å². The summed E-state index contributed by atoms with van der Waals surface area (Å²) in [4.78, 5) is 0. The Kier molecular flexibility index (Phi) is 6.17. The zero-order valence-electron chi connectivity index (χ0n) is 9.79. The normalized spacial score (nSPS) is 18.8. The first-order valence-corrected chi connectivity index (χ1v) is 5.58. The van der Waals surface area contributed by atoms with Gasteiger partial charge in [-0.05, 0) is 6.92 Å². The molecule has 0 amide bonds. The summed E-state index contributed by atoms with van der Waals surface area (Å²) in [6.07, 6.45) is 0. The molecular weight excluding hydrogens is 196 g/mol. The number of rotatable bonds is 9. The van der Waals surface area contributed by atoms with Gasteiger partial charge in [0, 0.05) is 12.0 Å². The van der Waals surface area contributed by atoms with Crippen molar-refractivity contribution in [3.05, 3.63) is 0 Å². The first-order chi connectivity index (χ1) is 7.27. The van der Waals surface area contributed by atoms with E-state index >= 15 is 0 Å². The molecule has 0 N–H and O–H groups in total. The van der Waals surface area contributed by atoms with E-state index in [1.165, 1.54) is 0 Å². The van der Waals surface area contributed by atoms with Crippen LogP contribution in [0.25, 0.3) is 0 Å². The minimum absolute atomic E-state index is 0.241. The maximum atomic E-state index is 5.50. The Bertz CT molecular complexity index is 157. The van der Waals surface area contributed by atoms with Crippen LogP contribution in [0.3, 0.4) is 0 Å². The van der Waals surface area contributed by atoms with E-state index < -0.39 is 0 Å². The van der Waals surface area contributed by atoms with Crippen LogP contribution < -0.4 is 0 Å². The molecule has 4 heteroatoms. The molecule has 0 aromatic rings. The topological polar surface area (TPSA) is 36.9 Å². The van der Waals surface area contributed by atoms with Gasteiger partial charge in [0.25, 0.3) is 0 Å². The van der Waals surface area contributed by atoms with Crippen LogP contribution in [-0.4, -0.2) is 52.9 Å². The monoisotopic (exact) mass is 218 g/mol. The van der Waals surface area contributed by atoms with Gasteiger partial charge in [-0.1, -0.05) is 6.92 Å². The molecule has 1 fully saturated rings. The fourth-order valence-corrected chi connectivity index (χ4v) is 1.33. The van der Waals surface area contributed by atoms with Gasteiger partial charge in [0.05, 0.1) is 46.2 Å². The minimum Gasteiger partial charge on any atom is -0.380 e. The summed E-state index contributed by atoms with van der Waals surface area (Å²) in [5, 5.41) is 0. The van der Waals surface area contributed by atoms with Gasteiger partial charge in [0.1, 0.15) is 0 Å². The highest BCUT2D eigenvalue weighted by atomic mass is 16.5. The van der Waals surface area contributed by atoms with Gasteiger partial charge >= 0.3 is 0 Å². The highest BCUT2D eigenvalue weighted by molar-refractivity contribution is 4.79. The van der Waals surface area contributed by atoms with E-state index in [9.17, 15) is 0 Å². The molecule has 1 rings (SSSR count). The van der Waals surface area contributed by atoms with Crippen LogP contribution in [0.4, 0.5) is 0 Å². The summed E-state index contributed by atoms with van der Waals surface area (Å²) in [6.45, 7) is 9.92. The standard InChI is InChI=1S/C11H22O4/c1-3-12-4-5-13-6-7-14-8-11(2)9-15-10-11/h3-10H2,1-2H3. The molecule has 15 heavy (non-hydrogen) atoms. The van der Waals surface area contributed by atoms with E-state index in [-0.39, 0.29) is 5.41 Å². The number of ether oxygens (including phenoxy) is 4. The van der Waals surface area contributed by atoms with Crippen molar-refractivity contribution in [2.24, 2.45) is 5.41 Å².